The van der Waals surface area contributed by atoms with Crippen molar-refractivity contribution in [3.63, 3.8) is 0 Å². The van der Waals surface area contributed by atoms with Crippen LogP contribution in [-0.2, 0) is 14.4 Å². The molecule has 2 amide bonds. The number of carbonyl (C=O) groups excluding carboxylic acids is 2. The first-order chi connectivity index (χ1) is 8.91. The smallest absolute Gasteiger partial charge is 0.332 e. The van der Waals surface area contributed by atoms with Crippen LogP contribution < -0.4 is 5.32 Å². The molecule has 1 fully saturated rings. The third-order valence-electron chi connectivity index (χ3n) is 3.24. The average molecular weight is 272 g/mol. The van der Waals surface area contributed by atoms with Gasteiger partial charge in [0.1, 0.15) is 0 Å². The number of carboxylic acids is 1. The van der Waals surface area contributed by atoms with Crippen molar-refractivity contribution in [1.82, 2.24) is 10.2 Å². The molecule has 1 aliphatic rings. The Balaban J connectivity index is 2.33. The molecule has 0 spiro atoms. The van der Waals surface area contributed by atoms with Crippen LogP contribution in [0.5, 0.6) is 0 Å². The Hall–Kier alpha value is -1.63. The Labute approximate surface area is 111 Å². The topological polar surface area (TPSA) is 107 Å². The van der Waals surface area contributed by atoms with E-state index in [0.717, 1.165) is 12.8 Å². The standard InChI is InChI=1S/C12H20N2O5/c1-8(15)14-6-2-3-9(7-14)11(17)13-5-4-10(16)12(18)19/h9-10,16H,2-7H2,1H3,(H,13,17)(H,18,19). The molecule has 7 heteroatoms. The van der Waals surface area contributed by atoms with Crippen LogP contribution in [0.2, 0.25) is 0 Å². The van der Waals surface area contributed by atoms with Crippen molar-refractivity contribution in [2.24, 2.45) is 5.92 Å². The molecule has 0 radical (unpaired) electrons. The number of carbonyl (C=O) groups is 3. The van der Waals surface area contributed by atoms with Gasteiger partial charge in [-0.1, -0.05) is 0 Å². The predicted octanol–water partition coefficient (Wildman–Crippen LogP) is -0.803. The summed E-state index contributed by atoms with van der Waals surface area (Å²) in [5.41, 5.74) is 0. The van der Waals surface area contributed by atoms with Gasteiger partial charge < -0.3 is 20.4 Å². The maximum Gasteiger partial charge on any atom is 0.332 e. The number of nitrogens with zero attached hydrogens (tertiary/aromatic N) is 1. The lowest BCUT2D eigenvalue weighted by Crippen LogP contribution is -2.45. The van der Waals surface area contributed by atoms with Crippen molar-refractivity contribution >= 4 is 17.8 Å². The van der Waals surface area contributed by atoms with Crippen molar-refractivity contribution in [3.05, 3.63) is 0 Å². The zero-order valence-corrected chi connectivity index (χ0v) is 11.0. The molecule has 1 heterocycles. The van der Waals surface area contributed by atoms with E-state index in [2.05, 4.69) is 5.32 Å². The number of aliphatic hydroxyl groups is 1. The average Bonchev–Trinajstić information content (AvgIpc) is 2.38. The van der Waals surface area contributed by atoms with E-state index in [4.69, 9.17) is 10.2 Å². The second-order valence-electron chi connectivity index (χ2n) is 4.74. The van der Waals surface area contributed by atoms with Gasteiger partial charge in [-0.15, -0.1) is 0 Å². The van der Waals surface area contributed by atoms with Crippen LogP contribution in [-0.4, -0.2) is 58.6 Å². The van der Waals surface area contributed by atoms with Crippen molar-refractivity contribution in [2.75, 3.05) is 19.6 Å². The molecule has 0 aromatic rings. The van der Waals surface area contributed by atoms with Gasteiger partial charge in [0, 0.05) is 33.0 Å². The van der Waals surface area contributed by atoms with E-state index in [-0.39, 0.29) is 30.7 Å². The number of aliphatic carboxylic acids is 1. The lowest BCUT2D eigenvalue weighted by molar-refractivity contribution is -0.147. The summed E-state index contributed by atoms with van der Waals surface area (Å²) in [6, 6.07) is 0. The highest BCUT2D eigenvalue weighted by Crippen LogP contribution is 2.16. The fourth-order valence-corrected chi connectivity index (χ4v) is 2.08. The number of amides is 2. The molecule has 1 rings (SSSR count). The number of likely N-dealkylation sites (tertiary alicyclic amines) is 1. The molecule has 0 bridgehead atoms. The Bertz CT molecular complexity index is 358. The number of hydrogen-bond acceptors (Lipinski definition) is 4. The molecule has 3 N–H and O–H groups in total. The van der Waals surface area contributed by atoms with Gasteiger partial charge in [0.15, 0.2) is 6.10 Å². The molecule has 1 saturated heterocycles. The number of carboxylic acid groups (broad SMARTS) is 1. The maximum atomic E-state index is 11.8. The lowest BCUT2D eigenvalue weighted by atomic mass is 9.97. The van der Waals surface area contributed by atoms with Gasteiger partial charge in [-0.3, -0.25) is 9.59 Å². The number of nitrogens with one attached hydrogen (secondary N) is 1. The third-order valence-corrected chi connectivity index (χ3v) is 3.24. The molecule has 7 nitrogen and oxygen atoms in total. The zero-order valence-electron chi connectivity index (χ0n) is 11.0. The minimum Gasteiger partial charge on any atom is -0.479 e. The van der Waals surface area contributed by atoms with Crippen LogP contribution in [0.4, 0.5) is 0 Å². The van der Waals surface area contributed by atoms with Crippen LogP contribution in [0.25, 0.3) is 0 Å². The largest absolute Gasteiger partial charge is 0.479 e. The van der Waals surface area contributed by atoms with Crippen LogP contribution in [0, 0.1) is 5.92 Å². The Morgan fingerprint density at radius 3 is 2.68 bits per heavy atom. The second-order valence-corrected chi connectivity index (χ2v) is 4.74. The predicted molar refractivity (Wildman–Crippen MR) is 66.2 cm³/mol. The molecular formula is C12H20N2O5. The molecule has 2 atom stereocenters. The highest BCUT2D eigenvalue weighted by molar-refractivity contribution is 5.80. The van der Waals surface area contributed by atoms with Gasteiger partial charge in [0.05, 0.1) is 5.92 Å². The minimum atomic E-state index is -1.46. The first-order valence-electron chi connectivity index (χ1n) is 6.36. The summed E-state index contributed by atoms with van der Waals surface area (Å²) in [6.07, 6.45) is 0.0249. The van der Waals surface area contributed by atoms with Crippen LogP contribution in [0.3, 0.4) is 0 Å². The number of hydrogen-bond donors (Lipinski definition) is 3. The van der Waals surface area contributed by atoms with Crippen LogP contribution in [0.15, 0.2) is 0 Å². The van der Waals surface area contributed by atoms with E-state index < -0.39 is 12.1 Å². The molecule has 0 saturated carbocycles. The van der Waals surface area contributed by atoms with E-state index >= 15 is 0 Å². The Kier molecular flexibility index (Phi) is 5.75. The van der Waals surface area contributed by atoms with Gasteiger partial charge in [0.2, 0.25) is 11.8 Å². The van der Waals surface area contributed by atoms with Crippen molar-refractivity contribution in [2.45, 2.75) is 32.3 Å². The van der Waals surface area contributed by atoms with Gasteiger partial charge in [-0.25, -0.2) is 4.79 Å². The van der Waals surface area contributed by atoms with E-state index in [9.17, 15) is 14.4 Å². The maximum absolute atomic E-state index is 11.8. The van der Waals surface area contributed by atoms with Gasteiger partial charge >= 0.3 is 5.97 Å². The molecule has 19 heavy (non-hydrogen) atoms. The number of rotatable bonds is 5. The van der Waals surface area contributed by atoms with Crippen molar-refractivity contribution in [3.8, 4) is 0 Å². The summed E-state index contributed by atoms with van der Waals surface area (Å²) in [6.45, 7) is 2.67. The van der Waals surface area contributed by atoms with E-state index in [1.165, 1.54) is 6.92 Å². The summed E-state index contributed by atoms with van der Waals surface area (Å²) in [5, 5.41) is 20.1. The van der Waals surface area contributed by atoms with E-state index in [0.29, 0.717) is 13.1 Å². The van der Waals surface area contributed by atoms with E-state index in [1.54, 1.807) is 4.90 Å². The SMILES string of the molecule is CC(=O)N1CCCC(C(=O)NCCC(O)C(=O)O)C1. The fourth-order valence-electron chi connectivity index (χ4n) is 2.08. The fraction of sp³-hybridized carbons (Fsp3) is 0.750. The first kappa shape index (κ1) is 15.4. The summed E-state index contributed by atoms with van der Waals surface area (Å²) in [4.78, 5) is 35.1. The minimum absolute atomic E-state index is 0.0236. The van der Waals surface area contributed by atoms with Crippen molar-refractivity contribution < 1.29 is 24.6 Å². The Morgan fingerprint density at radius 2 is 2.11 bits per heavy atom. The van der Waals surface area contributed by atoms with Gasteiger partial charge in [-0.2, -0.15) is 0 Å². The highest BCUT2D eigenvalue weighted by atomic mass is 16.4. The van der Waals surface area contributed by atoms with E-state index in [1.807, 2.05) is 0 Å². The summed E-state index contributed by atoms with van der Waals surface area (Å²) < 4.78 is 0. The highest BCUT2D eigenvalue weighted by Gasteiger charge is 2.26. The lowest BCUT2D eigenvalue weighted by Gasteiger charge is -2.31. The second kappa shape index (κ2) is 7.08. The molecule has 1 aliphatic heterocycles. The zero-order chi connectivity index (χ0) is 14.4. The number of aliphatic hydroxyl groups excluding tert-OH is 1. The number of piperidine rings is 1. The molecular weight excluding hydrogens is 252 g/mol. The molecule has 0 aromatic heterocycles. The van der Waals surface area contributed by atoms with Gasteiger partial charge in [0.25, 0.3) is 0 Å². The molecule has 0 aromatic carbocycles. The summed E-state index contributed by atoms with van der Waals surface area (Å²) >= 11 is 0. The molecule has 2 unspecified atom stereocenters. The van der Waals surface area contributed by atoms with Crippen LogP contribution in [0.1, 0.15) is 26.2 Å². The molecule has 108 valence electrons. The normalized spacial score (nSPS) is 20.7. The third kappa shape index (κ3) is 4.86. The molecule has 0 aliphatic carbocycles. The summed E-state index contributed by atoms with van der Waals surface area (Å²) in [5.74, 6) is -1.78. The van der Waals surface area contributed by atoms with Gasteiger partial charge in [-0.05, 0) is 12.8 Å². The van der Waals surface area contributed by atoms with Crippen molar-refractivity contribution in [1.29, 1.82) is 0 Å². The quantitative estimate of drug-likeness (QED) is 0.607. The monoisotopic (exact) mass is 272 g/mol. The first-order valence-corrected chi connectivity index (χ1v) is 6.36. The summed E-state index contributed by atoms with van der Waals surface area (Å²) in [7, 11) is 0. The Morgan fingerprint density at radius 1 is 1.42 bits per heavy atom. The van der Waals surface area contributed by atoms with Crippen LogP contribution >= 0.6 is 0 Å².